The Bertz CT molecular complexity index is 358. The molecule has 4 aliphatic carbocycles. The van der Waals surface area contributed by atoms with Crippen LogP contribution in [-0.4, -0.2) is 30.2 Å². The highest BCUT2D eigenvalue weighted by Gasteiger charge is 2.57. The van der Waals surface area contributed by atoms with Gasteiger partial charge in [0.05, 0.1) is 12.7 Å². The van der Waals surface area contributed by atoms with Crippen molar-refractivity contribution in [3.8, 4) is 0 Å². The van der Waals surface area contributed by atoms with Gasteiger partial charge in [0.2, 0.25) is 0 Å². The maximum atomic E-state index is 6.92. The number of hydrogen-bond donors (Lipinski definition) is 1. The van der Waals surface area contributed by atoms with Crippen LogP contribution in [0.15, 0.2) is 0 Å². The molecular formula is C16H26ClNO. The Kier molecular flexibility index (Phi) is 2.96. The number of halogens is 1. The summed E-state index contributed by atoms with van der Waals surface area (Å²) < 4.78 is 6.06. The second-order valence-corrected chi connectivity index (χ2v) is 8.77. The molecule has 4 atom stereocenters. The van der Waals surface area contributed by atoms with Gasteiger partial charge in [-0.3, -0.25) is 0 Å². The van der Waals surface area contributed by atoms with Crippen molar-refractivity contribution in [2.24, 2.45) is 17.3 Å². The summed E-state index contributed by atoms with van der Waals surface area (Å²) in [6.07, 6.45) is 9.76. The molecule has 4 unspecified atom stereocenters. The molecule has 4 saturated carbocycles. The van der Waals surface area contributed by atoms with E-state index >= 15 is 0 Å². The van der Waals surface area contributed by atoms with E-state index in [1.807, 2.05) is 0 Å². The quantitative estimate of drug-likeness (QED) is 0.785. The minimum absolute atomic E-state index is 0.148. The van der Waals surface area contributed by atoms with Crippen LogP contribution in [0.2, 0.25) is 0 Å². The van der Waals surface area contributed by atoms with Gasteiger partial charge in [-0.2, -0.15) is 0 Å². The fourth-order valence-corrected chi connectivity index (χ4v) is 6.73. The van der Waals surface area contributed by atoms with Gasteiger partial charge in [-0.1, -0.05) is 0 Å². The first-order chi connectivity index (χ1) is 9.06. The van der Waals surface area contributed by atoms with Crippen molar-refractivity contribution in [3.63, 3.8) is 0 Å². The van der Waals surface area contributed by atoms with E-state index in [0.717, 1.165) is 25.0 Å². The summed E-state index contributed by atoms with van der Waals surface area (Å²) in [6, 6.07) is 0.507. The summed E-state index contributed by atoms with van der Waals surface area (Å²) >= 11 is 6.92. The van der Waals surface area contributed by atoms with Crippen LogP contribution in [0.3, 0.4) is 0 Å². The van der Waals surface area contributed by atoms with Crippen molar-refractivity contribution in [1.29, 1.82) is 0 Å². The van der Waals surface area contributed by atoms with Gasteiger partial charge in [0.1, 0.15) is 0 Å². The molecule has 0 aromatic carbocycles. The molecule has 5 fully saturated rings. The summed E-state index contributed by atoms with van der Waals surface area (Å²) in [4.78, 5) is 0.148. The number of hydrogen-bond acceptors (Lipinski definition) is 2. The van der Waals surface area contributed by atoms with Gasteiger partial charge in [-0.15, -0.1) is 11.6 Å². The Labute approximate surface area is 121 Å². The second kappa shape index (κ2) is 4.35. The second-order valence-electron chi connectivity index (χ2n) is 7.97. The average Bonchev–Trinajstić information content (AvgIpc) is 2.28. The first-order valence-corrected chi connectivity index (χ1v) is 8.48. The lowest BCUT2D eigenvalue weighted by molar-refractivity contribution is -0.0925. The lowest BCUT2D eigenvalue weighted by atomic mass is 9.48. The van der Waals surface area contributed by atoms with E-state index in [-0.39, 0.29) is 4.87 Å². The van der Waals surface area contributed by atoms with Crippen LogP contribution in [0.25, 0.3) is 0 Å². The van der Waals surface area contributed by atoms with Crippen LogP contribution < -0.4 is 5.32 Å². The van der Waals surface area contributed by atoms with E-state index in [0.29, 0.717) is 17.6 Å². The Balaban J connectivity index is 1.53. The van der Waals surface area contributed by atoms with Crippen molar-refractivity contribution in [3.05, 3.63) is 0 Å². The molecule has 1 aliphatic heterocycles. The molecule has 1 N–H and O–H groups in total. The lowest BCUT2D eigenvalue weighted by Gasteiger charge is -2.61. The topological polar surface area (TPSA) is 21.3 Å². The van der Waals surface area contributed by atoms with Crippen molar-refractivity contribution in [2.75, 3.05) is 13.2 Å². The minimum atomic E-state index is 0.148. The minimum Gasteiger partial charge on any atom is -0.375 e. The fourth-order valence-electron chi connectivity index (χ4n) is 6.01. The summed E-state index contributed by atoms with van der Waals surface area (Å²) in [6.45, 7) is 4.17. The van der Waals surface area contributed by atoms with Crippen molar-refractivity contribution in [1.82, 2.24) is 5.32 Å². The molecule has 0 aromatic rings. The van der Waals surface area contributed by atoms with Crippen LogP contribution in [0, 0.1) is 17.3 Å². The summed E-state index contributed by atoms with van der Waals surface area (Å²) in [7, 11) is 0. The predicted octanol–water partition coefficient (Wildman–Crippen LogP) is 3.33. The number of morpholine rings is 1. The smallest absolute Gasteiger partial charge is 0.0731 e. The molecule has 0 amide bonds. The van der Waals surface area contributed by atoms with E-state index < -0.39 is 0 Å². The van der Waals surface area contributed by atoms with Crippen LogP contribution in [0.1, 0.15) is 51.9 Å². The SMILES string of the molecule is CC1NCCOC1CC12CC3CC(CC(Cl)(C3)C1)C2. The summed E-state index contributed by atoms with van der Waals surface area (Å²) in [5.74, 6) is 1.82. The summed E-state index contributed by atoms with van der Waals surface area (Å²) in [5, 5.41) is 3.57. The van der Waals surface area contributed by atoms with E-state index in [4.69, 9.17) is 16.3 Å². The van der Waals surface area contributed by atoms with E-state index in [1.54, 1.807) is 0 Å². The highest BCUT2D eigenvalue weighted by Crippen LogP contribution is 2.65. The van der Waals surface area contributed by atoms with E-state index in [9.17, 15) is 0 Å². The third-order valence-electron chi connectivity index (χ3n) is 6.20. The van der Waals surface area contributed by atoms with Gasteiger partial charge in [-0.25, -0.2) is 0 Å². The third-order valence-corrected chi connectivity index (χ3v) is 6.65. The molecular weight excluding hydrogens is 258 g/mol. The normalized spacial score (nSPS) is 56.5. The molecule has 108 valence electrons. The molecule has 2 nitrogen and oxygen atoms in total. The van der Waals surface area contributed by atoms with Crippen LogP contribution >= 0.6 is 11.6 Å². The zero-order chi connectivity index (χ0) is 13.1. The van der Waals surface area contributed by atoms with Gasteiger partial charge in [0, 0.05) is 17.5 Å². The maximum Gasteiger partial charge on any atom is 0.0731 e. The Morgan fingerprint density at radius 2 is 1.95 bits per heavy atom. The molecule has 0 radical (unpaired) electrons. The Morgan fingerprint density at radius 3 is 2.58 bits per heavy atom. The van der Waals surface area contributed by atoms with Gasteiger partial charge >= 0.3 is 0 Å². The van der Waals surface area contributed by atoms with Crippen LogP contribution in [0.5, 0.6) is 0 Å². The van der Waals surface area contributed by atoms with Gasteiger partial charge in [0.25, 0.3) is 0 Å². The van der Waals surface area contributed by atoms with Gasteiger partial charge in [0.15, 0.2) is 0 Å². The number of alkyl halides is 1. The monoisotopic (exact) mass is 283 g/mol. The largest absolute Gasteiger partial charge is 0.375 e. The van der Waals surface area contributed by atoms with E-state index in [1.165, 1.54) is 44.9 Å². The molecule has 19 heavy (non-hydrogen) atoms. The molecule has 1 heterocycles. The zero-order valence-electron chi connectivity index (χ0n) is 12.0. The standard InChI is InChI=1S/C16H26ClNO/c1-11-14(19-3-2-18-11)9-15-5-12-4-13(6-15)8-16(17,7-12)10-15/h11-14,18H,2-10H2,1H3. The fraction of sp³-hybridized carbons (Fsp3) is 1.00. The highest BCUT2D eigenvalue weighted by molar-refractivity contribution is 6.24. The van der Waals surface area contributed by atoms with E-state index in [2.05, 4.69) is 12.2 Å². The number of ether oxygens (including phenoxy) is 1. The Hall–Kier alpha value is 0.210. The van der Waals surface area contributed by atoms with Crippen molar-refractivity contribution in [2.45, 2.75) is 68.9 Å². The van der Waals surface area contributed by atoms with Gasteiger partial charge < -0.3 is 10.1 Å². The van der Waals surface area contributed by atoms with Gasteiger partial charge in [-0.05, 0) is 69.1 Å². The first-order valence-electron chi connectivity index (χ1n) is 8.10. The molecule has 4 bridgehead atoms. The molecule has 5 aliphatic rings. The Morgan fingerprint density at radius 1 is 1.21 bits per heavy atom. The number of nitrogens with one attached hydrogen (secondary N) is 1. The average molecular weight is 284 g/mol. The molecule has 0 spiro atoms. The first kappa shape index (κ1) is 12.9. The molecule has 3 heteroatoms. The maximum absolute atomic E-state index is 6.92. The predicted molar refractivity (Wildman–Crippen MR) is 77.5 cm³/mol. The highest BCUT2D eigenvalue weighted by atomic mass is 35.5. The molecule has 0 aromatic heterocycles. The zero-order valence-corrected chi connectivity index (χ0v) is 12.7. The van der Waals surface area contributed by atoms with Crippen LogP contribution in [0.4, 0.5) is 0 Å². The third kappa shape index (κ3) is 2.24. The number of rotatable bonds is 2. The summed E-state index contributed by atoms with van der Waals surface area (Å²) in [5.41, 5.74) is 0.504. The molecule has 5 rings (SSSR count). The lowest BCUT2D eigenvalue weighted by Crippen LogP contribution is -2.56. The van der Waals surface area contributed by atoms with Crippen LogP contribution in [-0.2, 0) is 4.74 Å². The van der Waals surface area contributed by atoms with Crippen molar-refractivity contribution < 1.29 is 4.74 Å². The van der Waals surface area contributed by atoms with Crippen molar-refractivity contribution >= 4 is 11.6 Å². The molecule has 1 saturated heterocycles.